The van der Waals surface area contributed by atoms with Crippen molar-refractivity contribution in [3.63, 3.8) is 0 Å². The Morgan fingerprint density at radius 2 is 1.84 bits per heavy atom. The fourth-order valence-electron chi connectivity index (χ4n) is 2.06. The van der Waals surface area contributed by atoms with Gasteiger partial charge in [0.05, 0.1) is 11.3 Å². The first kappa shape index (κ1) is 15.7. The van der Waals surface area contributed by atoms with Crippen LogP contribution in [0, 0.1) is 0 Å². The lowest BCUT2D eigenvalue weighted by atomic mass is 10.0. The van der Waals surface area contributed by atoms with Gasteiger partial charge in [0, 0.05) is 12.2 Å². The van der Waals surface area contributed by atoms with E-state index < -0.39 is 12.0 Å². The molecule has 1 heterocycles. The molecule has 0 amide bonds. The highest BCUT2D eigenvalue weighted by atomic mass is 19.4. The highest BCUT2D eigenvalue weighted by Crippen LogP contribution is 2.27. The summed E-state index contributed by atoms with van der Waals surface area (Å²) in [6.45, 7) is 6.00. The van der Waals surface area contributed by atoms with E-state index in [1.54, 1.807) is 18.5 Å². The van der Waals surface area contributed by atoms with Gasteiger partial charge in [-0.25, -0.2) is 0 Å². The van der Waals surface area contributed by atoms with E-state index in [1.807, 2.05) is 6.92 Å². The van der Waals surface area contributed by atoms with Gasteiger partial charge in [-0.1, -0.05) is 27.2 Å². The molecule has 108 valence electrons. The quantitative estimate of drug-likeness (QED) is 0.745. The number of carbonyl (C=O) groups is 1. The van der Waals surface area contributed by atoms with Crippen LogP contribution in [0.15, 0.2) is 0 Å². The molecule has 1 aromatic rings. The summed E-state index contributed by atoms with van der Waals surface area (Å²) in [7, 11) is 0. The van der Waals surface area contributed by atoms with Crippen molar-refractivity contribution in [2.24, 2.45) is 0 Å². The van der Waals surface area contributed by atoms with Crippen LogP contribution < -0.4 is 0 Å². The van der Waals surface area contributed by atoms with Gasteiger partial charge in [-0.15, -0.1) is 0 Å². The number of rotatable bonds is 6. The van der Waals surface area contributed by atoms with E-state index in [0.29, 0.717) is 25.1 Å². The van der Waals surface area contributed by atoms with Crippen molar-refractivity contribution >= 4 is 5.78 Å². The number of aromatic nitrogens is 2. The van der Waals surface area contributed by atoms with Gasteiger partial charge in [0.1, 0.15) is 0 Å². The number of Topliss-reactive ketones (excluding diaryl/α,β-unsaturated/α-hetero) is 1. The molecule has 0 atom stereocenters. The van der Waals surface area contributed by atoms with Crippen LogP contribution in [0.2, 0.25) is 0 Å². The average Bonchev–Trinajstić information content (AvgIpc) is 2.71. The predicted octanol–water partition coefficient (Wildman–Crippen LogP) is 3.55. The summed E-state index contributed by atoms with van der Waals surface area (Å²) in [6.07, 6.45) is -2.39. The normalized spacial score (nSPS) is 11.9. The SMILES string of the molecule is CCCCn1nc(CC)c(C(=O)C(F)(F)F)c1CC. The zero-order valence-corrected chi connectivity index (χ0v) is 11.5. The first-order valence-electron chi connectivity index (χ1n) is 6.56. The minimum absolute atomic E-state index is 0.242. The molecule has 0 unspecified atom stereocenters. The summed E-state index contributed by atoms with van der Waals surface area (Å²) in [5.41, 5.74) is 0.400. The van der Waals surface area contributed by atoms with E-state index >= 15 is 0 Å². The number of ketones is 1. The van der Waals surface area contributed by atoms with E-state index in [9.17, 15) is 18.0 Å². The molecule has 0 saturated carbocycles. The molecule has 1 aromatic heterocycles. The lowest BCUT2D eigenvalue weighted by Gasteiger charge is -2.08. The summed E-state index contributed by atoms with van der Waals surface area (Å²) in [5.74, 6) is -1.77. The third-order valence-corrected chi connectivity index (χ3v) is 3.01. The number of hydrogen-bond donors (Lipinski definition) is 0. The van der Waals surface area contributed by atoms with Crippen molar-refractivity contribution in [1.82, 2.24) is 9.78 Å². The highest BCUT2D eigenvalue weighted by molar-refractivity contribution is 6.02. The van der Waals surface area contributed by atoms with Crippen molar-refractivity contribution in [3.05, 3.63) is 17.0 Å². The van der Waals surface area contributed by atoms with Gasteiger partial charge >= 0.3 is 6.18 Å². The van der Waals surface area contributed by atoms with Crippen molar-refractivity contribution < 1.29 is 18.0 Å². The first-order chi connectivity index (χ1) is 8.86. The minimum atomic E-state index is -4.84. The van der Waals surface area contributed by atoms with Gasteiger partial charge in [0.15, 0.2) is 0 Å². The van der Waals surface area contributed by atoms with Crippen LogP contribution in [0.4, 0.5) is 13.2 Å². The maximum atomic E-state index is 12.6. The molecule has 0 aromatic carbocycles. The molecule has 0 aliphatic carbocycles. The Morgan fingerprint density at radius 3 is 2.26 bits per heavy atom. The van der Waals surface area contributed by atoms with Crippen LogP contribution in [-0.4, -0.2) is 21.7 Å². The number of aryl methyl sites for hydroxylation is 2. The van der Waals surface area contributed by atoms with Crippen molar-refractivity contribution in [1.29, 1.82) is 0 Å². The Kier molecular flexibility index (Phi) is 5.14. The average molecular weight is 276 g/mol. The monoisotopic (exact) mass is 276 g/mol. The standard InChI is InChI=1S/C13H19F3N2O/c1-4-7-8-18-10(6-3)11(9(5-2)17-18)12(19)13(14,15)16/h4-8H2,1-3H3. The number of alkyl halides is 3. The second kappa shape index (κ2) is 6.21. The van der Waals surface area contributed by atoms with Crippen LogP contribution in [0.5, 0.6) is 0 Å². The van der Waals surface area contributed by atoms with Gasteiger partial charge in [0.2, 0.25) is 0 Å². The van der Waals surface area contributed by atoms with Gasteiger partial charge in [-0.05, 0) is 19.3 Å². The zero-order chi connectivity index (χ0) is 14.6. The molecule has 19 heavy (non-hydrogen) atoms. The van der Waals surface area contributed by atoms with E-state index in [-0.39, 0.29) is 11.3 Å². The molecule has 3 nitrogen and oxygen atoms in total. The molecular formula is C13H19F3N2O. The molecule has 0 radical (unpaired) electrons. The summed E-state index contributed by atoms with van der Waals surface area (Å²) >= 11 is 0. The van der Waals surface area contributed by atoms with Gasteiger partial charge in [-0.3, -0.25) is 9.48 Å². The Labute approximate surface area is 110 Å². The Bertz CT molecular complexity index is 449. The lowest BCUT2D eigenvalue weighted by Crippen LogP contribution is -2.24. The van der Waals surface area contributed by atoms with Gasteiger partial charge in [0.25, 0.3) is 5.78 Å². The van der Waals surface area contributed by atoms with E-state index in [4.69, 9.17) is 0 Å². The predicted molar refractivity (Wildman–Crippen MR) is 66.3 cm³/mol. The maximum absolute atomic E-state index is 12.6. The Morgan fingerprint density at radius 1 is 1.21 bits per heavy atom. The molecular weight excluding hydrogens is 257 g/mol. The van der Waals surface area contributed by atoms with E-state index in [0.717, 1.165) is 12.8 Å². The van der Waals surface area contributed by atoms with Crippen molar-refractivity contribution in [2.75, 3.05) is 0 Å². The summed E-state index contributed by atoms with van der Waals surface area (Å²) in [4.78, 5) is 11.5. The summed E-state index contributed by atoms with van der Waals surface area (Å²) in [6, 6.07) is 0. The number of halogens is 3. The molecule has 1 rings (SSSR count). The third-order valence-electron chi connectivity index (χ3n) is 3.01. The maximum Gasteiger partial charge on any atom is 0.455 e. The van der Waals surface area contributed by atoms with Crippen LogP contribution in [-0.2, 0) is 19.4 Å². The third kappa shape index (κ3) is 3.36. The molecule has 0 spiro atoms. The van der Waals surface area contributed by atoms with E-state index in [1.165, 1.54) is 0 Å². The molecule has 0 fully saturated rings. The van der Waals surface area contributed by atoms with Gasteiger partial charge in [-0.2, -0.15) is 18.3 Å². The van der Waals surface area contributed by atoms with Crippen LogP contribution in [0.25, 0.3) is 0 Å². The van der Waals surface area contributed by atoms with Crippen molar-refractivity contribution in [3.8, 4) is 0 Å². The van der Waals surface area contributed by atoms with Crippen LogP contribution in [0.1, 0.15) is 55.4 Å². The van der Waals surface area contributed by atoms with Crippen LogP contribution in [0.3, 0.4) is 0 Å². The molecule has 0 aliphatic rings. The summed E-state index contributed by atoms with van der Waals surface area (Å²) in [5, 5.41) is 4.17. The highest BCUT2D eigenvalue weighted by Gasteiger charge is 2.42. The van der Waals surface area contributed by atoms with Gasteiger partial charge < -0.3 is 0 Å². The molecule has 0 N–H and O–H groups in total. The fraction of sp³-hybridized carbons (Fsp3) is 0.692. The summed E-state index contributed by atoms with van der Waals surface area (Å²) < 4.78 is 39.5. The second-order valence-electron chi connectivity index (χ2n) is 4.38. The molecule has 0 saturated heterocycles. The Balaban J connectivity index is 3.28. The molecule has 0 aliphatic heterocycles. The molecule has 6 heteroatoms. The number of hydrogen-bond acceptors (Lipinski definition) is 2. The van der Waals surface area contributed by atoms with Crippen molar-refractivity contribution in [2.45, 2.75) is 59.2 Å². The minimum Gasteiger partial charge on any atom is -0.284 e. The lowest BCUT2D eigenvalue weighted by molar-refractivity contribution is -0.0886. The molecule has 0 bridgehead atoms. The largest absolute Gasteiger partial charge is 0.455 e. The Hall–Kier alpha value is -1.33. The number of unbranched alkanes of at least 4 members (excludes halogenated alkanes) is 1. The van der Waals surface area contributed by atoms with E-state index in [2.05, 4.69) is 5.10 Å². The first-order valence-corrected chi connectivity index (χ1v) is 6.56. The fourth-order valence-corrected chi connectivity index (χ4v) is 2.06. The number of nitrogens with zero attached hydrogens (tertiary/aromatic N) is 2. The number of carbonyl (C=O) groups excluding carboxylic acids is 1. The smallest absolute Gasteiger partial charge is 0.284 e. The second-order valence-corrected chi connectivity index (χ2v) is 4.38. The zero-order valence-electron chi connectivity index (χ0n) is 11.5. The topological polar surface area (TPSA) is 34.9 Å². The van der Waals surface area contributed by atoms with Crippen LogP contribution >= 0.6 is 0 Å².